The number of hydrogen-bond donors (Lipinski definition) is 1. The van der Waals surface area contributed by atoms with E-state index in [1.54, 1.807) is 14.2 Å². The van der Waals surface area contributed by atoms with Gasteiger partial charge in [0.25, 0.3) is 0 Å². The van der Waals surface area contributed by atoms with E-state index in [1.807, 2.05) is 17.1 Å². The van der Waals surface area contributed by atoms with Gasteiger partial charge < -0.3 is 19.7 Å². The van der Waals surface area contributed by atoms with Gasteiger partial charge in [-0.3, -0.25) is 9.59 Å². The molecule has 0 spiro atoms. The van der Waals surface area contributed by atoms with E-state index < -0.39 is 11.7 Å². The minimum atomic E-state index is -0.966. The van der Waals surface area contributed by atoms with Gasteiger partial charge >= 0.3 is 0 Å². The minimum absolute atomic E-state index is 0.0895. The van der Waals surface area contributed by atoms with Gasteiger partial charge in [-0.05, 0) is 6.42 Å². The molecular formula is C16H24N2O4. The van der Waals surface area contributed by atoms with E-state index in [0.29, 0.717) is 13.0 Å². The fourth-order valence-corrected chi connectivity index (χ4v) is 4.04. The summed E-state index contributed by atoms with van der Waals surface area (Å²) in [6, 6.07) is -0.589. The lowest BCUT2D eigenvalue weighted by Crippen LogP contribution is -2.72. The molecule has 2 amide bonds. The van der Waals surface area contributed by atoms with E-state index in [9.17, 15) is 9.59 Å². The summed E-state index contributed by atoms with van der Waals surface area (Å²) in [4.78, 5) is 27.3. The molecule has 0 aromatic carbocycles. The molecular weight excluding hydrogens is 284 g/mol. The van der Waals surface area contributed by atoms with Crippen molar-refractivity contribution in [1.29, 1.82) is 0 Å². The predicted molar refractivity (Wildman–Crippen MR) is 79.8 cm³/mol. The number of carbonyl (C=O) groups excluding carboxylic acids is 2. The van der Waals surface area contributed by atoms with Crippen molar-refractivity contribution in [2.24, 2.45) is 11.8 Å². The van der Waals surface area contributed by atoms with E-state index >= 15 is 0 Å². The fourth-order valence-electron chi connectivity index (χ4n) is 4.04. The van der Waals surface area contributed by atoms with Gasteiger partial charge in [-0.1, -0.05) is 25.5 Å². The van der Waals surface area contributed by atoms with Gasteiger partial charge in [-0.2, -0.15) is 0 Å². The minimum Gasteiger partial charge on any atom is -0.352 e. The maximum atomic E-state index is 12.8. The molecule has 1 N–H and O–H groups in total. The van der Waals surface area contributed by atoms with Gasteiger partial charge in [-0.25, -0.2) is 0 Å². The first-order valence-corrected chi connectivity index (χ1v) is 7.97. The number of carbonyl (C=O) groups is 2. The van der Waals surface area contributed by atoms with Crippen LogP contribution in [0.1, 0.15) is 26.2 Å². The molecule has 0 aromatic heterocycles. The molecule has 6 nitrogen and oxygen atoms in total. The van der Waals surface area contributed by atoms with Crippen LogP contribution >= 0.6 is 0 Å². The van der Waals surface area contributed by atoms with Crippen LogP contribution in [0.5, 0.6) is 0 Å². The summed E-state index contributed by atoms with van der Waals surface area (Å²) in [5.74, 6) is -1.82. The van der Waals surface area contributed by atoms with Gasteiger partial charge in [0, 0.05) is 33.2 Å². The molecule has 6 heteroatoms. The molecule has 122 valence electrons. The van der Waals surface area contributed by atoms with Gasteiger partial charge in [-0.15, -0.1) is 0 Å². The van der Waals surface area contributed by atoms with Crippen LogP contribution < -0.4 is 5.32 Å². The molecule has 22 heavy (non-hydrogen) atoms. The normalized spacial score (nSPS) is 35.5. The number of nitrogens with zero attached hydrogens (tertiary/aromatic N) is 1. The third-order valence-corrected chi connectivity index (χ3v) is 5.25. The quantitative estimate of drug-likeness (QED) is 0.599. The van der Waals surface area contributed by atoms with Crippen LogP contribution in [0, 0.1) is 11.8 Å². The molecule has 0 radical (unpaired) electrons. The van der Waals surface area contributed by atoms with Crippen LogP contribution in [0.4, 0.5) is 0 Å². The van der Waals surface area contributed by atoms with Crippen molar-refractivity contribution in [1.82, 2.24) is 10.2 Å². The second-order valence-corrected chi connectivity index (χ2v) is 6.30. The van der Waals surface area contributed by atoms with Crippen molar-refractivity contribution in [3.63, 3.8) is 0 Å². The Morgan fingerprint density at radius 2 is 2.05 bits per heavy atom. The van der Waals surface area contributed by atoms with Crippen molar-refractivity contribution in [3.05, 3.63) is 12.2 Å². The Morgan fingerprint density at radius 3 is 2.68 bits per heavy atom. The maximum Gasteiger partial charge on any atom is 0.232 e. The van der Waals surface area contributed by atoms with Crippen LogP contribution in [0.2, 0.25) is 0 Å². The second kappa shape index (κ2) is 5.66. The molecule has 3 fully saturated rings. The highest BCUT2D eigenvalue weighted by Crippen LogP contribution is 2.43. The van der Waals surface area contributed by atoms with Crippen molar-refractivity contribution in [2.75, 3.05) is 20.8 Å². The summed E-state index contributed by atoms with van der Waals surface area (Å²) in [5.41, 5.74) is 0. The number of nitrogens with one attached hydrogen (secondary N) is 1. The van der Waals surface area contributed by atoms with E-state index in [4.69, 9.17) is 9.47 Å². The molecule has 4 atom stereocenters. The molecule has 6 aliphatic rings. The average molecular weight is 308 g/mol. The molecule has 0 unspecified atom stereocenters. The molecule has 6 rings (SSSR count). The Labute approximate surface area is 130 Å². The summed E-state index contributed by atoms with van der Waals surface area (Å²) in [5, 5.41) is 2.98. The van der Waals surface area contributed by atoms with Crippen LogP contribution in [-0.4, -0.2) is 55.3 Å². The van der Waals surface area contributed by atoms with Crippen LogP contribution in [0.3, 0.4) is 0 Å². The zero-order valence-corrected chi connectivity index (χ0v) is 13.4. The van der Waals surface area contributed by atoms with Crippen molar-refractivity contribution >= 4 is 11.8 Å². The Kier molecular flexibility index (Phi) is 3.99. The Balaban J connectivity index is 2.05. The molecule has 3 saturated heterocycles. The van der Waals surface area contributed by atoms with Crippen molar-refractivity contribution < 1.29 is 19.1 Å². The van der Waals surface area contributed by atoms with E-state index in [-0.39, 0.29) is 29.8 Å². The highest BCUT2D eigenvalue weighted by atomic mass is 16.7. The number of unbranched alkanes of at least 4 members (excludes halogenated alkanes) is 1. The summed E-state index contributed by atoms with van der Waals surface area (Å²) in [6.07, 6.45) is 6.36. The molecule has 0 saturated carbocycles. The van der Waals surface area contributed by atoms with Gasteiger partial charge in [0.1, 0.15) is 5.92 Å². The monoisotopic (exact) mass is 308 g/mol. The van der Waals surface area contributed by atoms with Gasteiger partial charge in [0.2, 0.25) is 11.8 Å². The second-order valence-electron chi connectivity index (χ2n) is 6.30. The number of piperidine rings is 1. The van der Waals surface area contributed by atoms with Crippen LogP contribution in [0.25, 0.3) is 0 Å². The molecule has 4 bridgehead atoms. The SMILES string of the molecule is CCCCN1C(=O)[C@H]2C=C[C@@H]1[C@H]1C(=O)N[C@H]2CC1(OC)OC. The summed E-state index contributed by atoms with van der Waals surface area (Å²) >= 11 is 0. The van der Waals surface area contributed by atoms with Gasteiger partial charge in [0.15, 0.2) is 5.79 Å². The maximum absolute atomic E-state index is 12.8. The molecule has 5 aliphatic heterocycles. The lowest BCUT2D eigenvalue weighted by atomic mass is 9.71. The number of ether oxygens (including phenoxy) is 2. The van der Waals surface area contributed by atoms with E-state index in [2.05, 4.69) is 12.2 Å². The number of hydrogen-bond acceptors (Lipinski definition) is 4. The Morgan fingerprint density at radius 1 is 1.32 bits per heavy atom. The smallest absolute Gasteiger partial charge is 0.232 e. The number of methoxy groups -OCH3 is 2. The van der Waals surface area contributed by atoms with Crippen LogP contribution in [-0.2, 0) is 19.1 Å². The van der Waals surface area contributed by atoms with Crippen molar-refractivity contribution in [3.8, 4) is 0 Å². The topological polar surface area (TPSA) is 67.9 Å². The first-order valence-electron chi connectivity index (χ1n) is 7.97. The van der Waals surface area contributed by atoms with Gasteiger partial charge in [0.05, 0.1) is 12.0 Å². The highest BCUT2D eigenvalue weighted by molar-refractivity contribution is 5.90. The lowest BCUT2D eigenvalue weighted by molar-refractivity contribution is -0.263. The predicted octanol–water partition coefficient (Wildman–Crippen LogP) is 0.677. The molecule has 5 heterocycles. The van der Waals surface area contributed by atoms with Crippen molar-refractivity contribution in [2.45, 2.75) is 44.1 Å². The molecule has 0 aromatic rings. The fraction of sp³-hybridized carbons (Fsp3) is 0.750. The third kappa shape index (κ3) is 2.08. The number of rotatable bonds is 5. The summed E-state index contributed by atoms with van der Waals surface area (Å²) in [7, 11) is 3.15. The lowest BCUT2D eigenvalue weighted by Gasteiger charge is -2.54. The number of amides is 2. The average Bonchev–Trinajstić information content (AvgIpc) is 2.50. The van der Waals surface area contributed by atoms with E-state index in [1.165, 1.54) is 0 Å². The summed E-state index contributed by atoms with van der Waals surface area (Å²) in [6.45, 7) is 2.76. The zero-order chi connectivity index (χ0) is 15.9. The largest absolute Gasteiger partial charge is 0.352 e. The zero-order valence-electron chi connectivity index (χ0n) is 13.4. The third-order valence-electron chi connectivity index (χ3n) is 5.25. The highest BCUT2D eigenvalue weighted by Gasteiger charge is 2.60. The van der Waals surface area contributed by atoms with Crippen LogP contribution in [0.15, 0.2) is 12.2 Å². The Bertz CT molecular complexity index is 500. The first kappa shape index (κ1) is 15.5. The molecule has 1 aliphatic carbocycles. The first-order chi connectivity index (χ1) is 10.6. The van der Waals surface area contributed by atoms with E-state index in [0.717, 1.165) is 12.8 Å². The standard InChI is InChI=1S/C16H24N2O4/c1-4-5-8-18-12-7-6-10(15(18)20)11-9-16(21-2,22-3)13(12)14(19)17-11/h6-7,10-13H,4-5,8-9H2,1-3H3,(H,17,19)/t10-,11-,12+,13-/m0/s1. The Hall–Kier alpha value is -1.40. The summed E-state index contributed by atoms with van der Waals surface area (Å²) < 4.78 is 11.3.